The number of rotatable bonds is 4. The van der Waals surface area contributed by atoms with Crippen molar-refractivity contribution in [2.75, 3.05) is 13.1 Å². The molecule has 2 aromatic rings. The van der Waals surface area contributed by atoms with Gasteiger partial charge in [-0.2, -0.15) is 0 Å². The molecule has 3 rings (SSSR count). The van der Waals surface area contributed by atoms with Crippen molar-refractivity contribution >= 4 is 12.1 Å². The molecule has 6 nitrogen and oxygen atoms in total. The molecule has 2 unspecified atom stereocenters. The van der Waals surface area contributed by atoms with Gasteiger partial charge < -0.3 is 14.7 Å². The summed E-state index contributed by atoms with van der Waals surface area (Å²) in [5, 5.41) is 9.41. The zero-order valence-corrected chi connectivity index (χ0v) is 13.3. The third-order valence-electron chi connectivity index (χ3n) is 4.24. The molecule has 2 heterocycles. The first kappa shape index (κ1) is 16.9. The van der Waals surface area contributed by atoms with E-state index in [1.807, 2.05) is 30.3 Å². The second kappa shape index (κ2) is 7.29. The van der Waals surface area contributed by atoms with E-state index in [1.54, 1.807) is 0 Å². The van der Waals surface area contributed by atoms with Crippen LogP contribution in [-0.2, 0) is 16.1 Å². The first-order valence-electron chi connectivity index (χ1n) is 7.85. The number of carboxylic acid groups (broad SMARTS) is 1. The highest BCUT2D eigenvalue weighted by atomic mass is 19.1. The van der Waals surface area contributed by atoms with Crippen LogP contribution in [0.2, 0.25) is 0 Å². The smallest absolute Gasteiger partial charge is 0.410 e. The number of hydrogen-bond acceptors (Lipinski definition) is 4. The molecule has 0 saturated carbocycles. The van der Waals surface area contributed by atoms with E-state index < -0.39 is 29.7 Å². The van der Waals surface area contributed by atoms with Crippen molar-refractivity contribution in [1.82, 2.24) is 9.88 Å². The van der Waals surface area contributed by atoms with Crippen LogP contribution in [0.3, 0.4) is 0 Å². The fourth-order valence-electron chi connectivity index (χ4n) is 2.96. The lowest BCUT2D eigenvalue weighted by Gasteiger charge is -2.16. The fraction of sp³-hybridized carbons (Fsp3) is 0.278. The number of benzene rings is 1. The van der Waals surface area contributed by atoms with Crippen LogP contribution < -0.4 is 0 Å². The summed E-state index contributed by atoms with van der Waals surface area (Å²) in [6, 6.07) is 11.8. The lowest BCUT2D eigenvalue weighted by atomic mass is 9.92. The number of aromatic nitrogens is 1. The van der Waals surface area contributed by atoms with E-state index in [9.17, 15) is 19.1 Å². The summed E-state index contributed by atoms with van der Waals surface area (Å²) in [5.41, 5.74) is 0.894. The maximum Gasteiger partial charge on any atom is 0.410 e. The van der Waals surface area contributed by atoms with E-state index in [0.717, 1.165) is 5.56 Å². The van der Waals surface area contributed by atoms with Crippen molar-refractivity contribution in [3.05, 3.63) is 65.7 Å². The first-order chi connectivity index (χ1) is 12.1. The Labute approximate surface area is 143 Å². The number of halogens is 1. The molecule has 0 spiro atoms. The van der Waals surface area contributed by atoms with Crippen molar-refractivity contribution in [3.8, 4) is 0 Å². The van der Waals surface area contributed by atoms with Crippen molar-refractivity contribution in [1.29, 1.82) is 0 Å². The maximum atomic E-state index is 14.0. The Kier molecular flexibility index (Phi) is 4.92. The van der Waals surface area contributed by atoms with Crippen LogP contribution in [0.1, 0.15) is 17.2 Å². The fourth-order valence-corrected chi connectivity index (χ4v) is 2.96. The van der Waals surface area contributed by atoms with E-state index in [1.165, 1.54) is 23.2 Å². The molecule has 1 aromatic carbocycles. The zero-order valence-electron chi connectivity index (χ0n) is 13.3. The highest BCUT2D eigenvalue weighted by molar-refractivity contribution is 5.75. The number of amides is 1. The molecule has 2 atom stereocenters. The highest BCUT2D eigenvalue weighted by Gasteiger charge is 2.42. The van der Waals surface area contributed by atoms with E-state index >= 15 is 0 Å². The molecular weight excluding hydrogens is 327 g/mol. The van der Waals surface area contributed by atoms with Crippen LogP contribution in [0.4, 0.5) is 9.18 Å². The van der Waals surface area contributed by atoms with Gasteiger partial charge in [0.15, 0.2) is 0 Å². The van der Waals surface area contributed by atoms with Gasteiger partial charge >= 0.3 is 12.1 Å². The van der Waals surface area contributed by atoms with Gasteiger partial charge in [0.25, 0.3) is 0 Å². The van der Waals surface area contributed by atoms with E-state index in [0.29, 0.717) is 0 Å². The average molecular weight is 344 g/mol. The number of carbonyl (C=O) groups excluding carboxylic acids is 1. The van der Waals surface area contributed by atoms with E-state index in [4.69, 9.17) is 4.74 Å². The molecule has 0 bridgehead atoms. The van der Waals surface area contributed by atoms with E-state index in [-0.39, 0.29) is 25.4 Å². The number of hydrogen-bond donors (Lipinski definition) is 1. The highest BCUT2D eigenvalue weighted by Crippen LogP contribution is 2.33. The molecule has 0 radical (unpaired) electrons. The SMILES string of the molecule is O=C(O)C1CN(C(=O)OCc2ccccc2)CC1c1ncccc1F. The van der Waals surface area contributed by atoms with Crippen LogP contribution in [0.25, 0.3) is 0 Å². The normalized spacial score (nSPS) is 19.6. The minimum Gasteiger partial charge on any atom is -0.481 e. The summed E-state index contributed by atoms with van der Waals surface area (Å²) in [6.45, 7) is 0.110. The molecule has 25 heavy (non-hydrogen) atoms. The number of carbonyl (C=O) groups is 2. The van der Waals surface area contributed by atoms with Gasteiger partial charge in [-0.25, -0.2) is 9.18 Å². The zero-order chi connectivity index (χ0) is 17.8. The van der Waals surface area contributed by atoms with Crippen LogP contribution in [0.15, 0.2) is 48.7 Å². The number of pyridine rings is 1. The second-order valence-corrected chi connectivity index (χ2v) is 5.87. The third kappa shape index (κ3) is 3.76. The minimum absolute atomic E-state index is 0.0381. The van der Waals surface area contributed by atoms with Gasteiger partial charge in [0.2, 0.25) is 0 Å². The predicted octanol–water partition coefficient (Wildman–Crippen LogP) is 2.66. The van der Waals surface area contributed by atoms with Gasteiger partial charge in [0.1, 0.15) is 12.4 Å². The third-order valence-corrected chi connectivity index (χ3v) is 4.24. The molecule has 1 amide bonds. The number of ether oxygens (including phenoxy) is 1. The van der Waals surface area contributed by atoms with Crippen LogP contribution in [-0.4, -0.2) is 40.1 Å². The Bertz CT molecular complexity index is 769. The Morgan fingerprint density at radius 1 is 1.20 bits per heavy atom. The number of likely N-dealkylation sites (tertiary alicyclic amines) is 1. The van der Waals surface area contributed by atoms with Gasteiger partial charge in [-0.3, -0.25) is 9.78 Å². The summed E-state index contributed by atoms with van der Waals surface area (Å²) in [6.07, 6.45) is 0.794. The molecule has 0 aliphatic carbocycles. The van der Waals surface area contributed by atoms with Gasteiger partial charge in [0.05, 0.1) is 11.6 Å². The Hall–Kier alpha value is -2.96. The predicted molar refractivity (Wildman–Crippen MR) is 86.3 cm³/mol. The van der Waals surface area contributed by atoms with Gasteiger partial charge in [0, 0.05) is 25.2 Å². The Balaban J connectivity index is 1.70. The van der Waals surface area contributed by atoms with Gasteiger partial charge in [-0.1, -0.05) is 30.3 Å². The second-order valence-electron chi connectivity index (χ2n) is 5.87. The number of carboxylic acids is 1. The lowest BCUT2D eigenvalue weighted by molar-refractivity contribution is -0.141. The van der Waals surface area contributed by atoms with Crippen LogP contribution in [0, 0.1) is 11.7 Å². The average Bonchev–Trinajstić information content (AvgIpc) is 3.06. The minimum atomic E-state index is -1.09. The molecular formula is C18H17FN2O4. The Morgan fingerprint density at radius 2 is 1.96 bits per heavy atom. The van der Waals surface area contributed by atoms with Crippen molar-refractivity contribution in [2.24, 2.45) is 5.92 Å². The van der Waals surface area contributed by atoms with Crippen LogP contribution >= 0.6 is 0 Å². The standard InChI is InChI=1S/C18H17FN2O4/c19-15-7-4-8-20-16(15)13-9-21(10-14(13)17(22)23)18(24)25-11-12-5-2-1-3-6-12/h1-8,13-14H,9-11H2,(H,22,23). The maximum absolute atomic E-state index is 14.0. The molecule has 1 fully saturated rings. The first-order valence-corrected chi connectivity index (χ1v) is 7.85. The summed E-state index contributed by atoms with van der Waals surface area (Å²) in [5.74, 6) is -3.29. The molecule has 130 valence electrons. The summed E-state index contributed by atoms with van der Waals surface area (Å²) in [4.78, 5) is 29.0. The summed E-state index contributed by atoms with van der Waals surface area (Å²) >= 11 is 0. The molecule has 1 aromatic heterocycles. The topological polar surface area (TPSA) is 79.7 Å². The number of aliphatic carboxylic acids is 1. The van der Waals surface area contributed by atoms with E-state index in [2.05, 4.69) is 4.98 Å². The molecule has 1 aliphatic rings. The van der Waals surface area contributed by atoms with Gasteiger partial charge in [-0.05, 0) is 17.7 Å². The van der Waals surface area contributed by atoms with Crippen LogP contribution in [0.5, 0.6) is 0 Å². The summed E-state index contributed by atoms with van der Waals surface area (Å²) < 4.78 is 19.2. The molecule has 1 aliphatic heterocycles. The van der Waals surface area contributed by atoms with Crippen molar-refractivity contribution < 1.29 is 23.8 Å². The van der Waals surface area contributed by atoms with Crippen molar-refractivity contribution in [2.45, 2.75) is 12.5 Å². The largest absolute Gasteiger partial charge is 0.481 e. The summed E-state index contributed by atoms with van der Waals surface area (Å²) in [7, 11) is 0. The quantitative estimate of drug-likeness (QED) is 0.922. The number of nitrogens with zero attached hydrogens (tertiary/aromatic N) is 2. The molecule has 1 saturated heterocycles. The lowest BCUT2D eigenvalue weighted by Crippen LogP contribution is -2.30. The Morgan fingerprint density at radius 3 is 2.64 bits per heavy atom. The monoisotopic (exact) mass is 344 g/mol. The molecule has 1 N–H and O–H groups in total. The molecule has 7 heteroatoms. The van der Waals surface area contributed by atoms with Crippen molar-refractivity contribution in [3.63, 3.8) is 0 Å². The van der Waals surface area contributed by atoms with Gasteiger partial charge in [-0.15, -0.1) is 0 Å².